The summed E-state index contributed by atoms with van der Waals surface area (Å²) in [6, 6.07) is 5.71. The molecule has 0 amide bonds. The molecule has 0 saturated heterocycles. The first-order valence-corrected chi connectivity index (χ1v) is 8.07. The van der Waals surface area contributed by atoms with Crippen molar-refractivity contribution < 1.29 is 0 Å². The lowest BCUT2D eigenvalue weighted by atomic mass is 10.2. The minimum Gasteiger partial charge on any atom is -0.399 e. The van der Waals surface area contributed by atoms with Gasteiger partial charge in [-0.3, -0.25) is 0 Å². The number of hydrogen-bond acceptors (Lipinski definition) is 5. The highest BCUT2D eigenvalue weighted by Gasteiger charge is 2.16. The monoisotopic (exact) mass is 300 g/mol. The summed E-state index contributed by atoms with van der Waals surface area (Å²) >= 11 is 1.65. The molecule has 3 aromatic rings. The number of nitrogens with two attached hydrogens (primary N) is 1. The predicted molar refractivity (Wildman–Crippen MR) is 83.0 cm³/mol. The Morgan fingerprint density at radius 2 is 2.24 bits per heavy atom. The van der Waals surface area contributed by atoms with E-state index in [9.17, 15) is 0 Å². The molecule has 0 radical (unpaired) electrons. The number of fused-ring (bicyclic) bond motifs is 2. The molecule has 3 heterocycles. The number of nitrogens with zero attached hydrogens (tertiary/aromatic N) is 4. The Balaban J connectivity index is 1.54. The van der Waals surface area contributed by atoms with Gasteiger partial charge in [-0.25, -0.2) is 4.98 Å². The van der Waals surface area contributed by atoms with Gasteiger partial charge in [0.1, 0.15) is 11.6 Å². The van der Waals surface area contributed by atoms with E-state index in [0.717, 1.165) is 52.2 Å². The molecule has 3 N–H and O–H groups in total. The van der Waals surface area contributed by atoms with Crippen molar-refractivity contribution in [2.45, 2.75) is 36.7 Å². The van der Waals surface area contributed by atoms with Gasteiger partial charge in [0.15, 0.2) is 5.16 Å². The van der Waals surface area contributed by atoms with Crippen LogP contribution in [0.2, 0.25) is 0 Å². The number of aromatic nitrogens is 5. The molecule has 0 atom stereocenters. The number of nitrogen functional groups attached to an aromatic ring is 1. The lowest BCUT2D eigenvalue weighted by Gasteiger charge is -2.14. The standard InChI is InChI=1S/C14H16N6S/c15-9-4-5-10-11(7-9)17-14(16-10)21-8-13-19-18-12-3-1-2-6-20(12)13/h4-5,7H,1-3,6,8,15H2,(H,16,17). The molecular weight excluding hydrogens is 284 g/mol. The minimum atomic E-state index is 0.745. The van der Waals surface area contributed by atoms with Gasteiger partial charge in [-0.05, 0) is 31.0 Å². The van der Waals surface area contributed by atoms with Crippen molar-refractivity contribution in [2.75, 3.05) is 5.73 Å². The predicted octanol–water partition coefficient (Wildman–Crippen LogP) is 2.37. The zero-order valence-corrected chi connectivity index (χ0v) is 12.4. The van der Waals surface area contributed by atoms with Gasteiger partial charge in [0, 0.05) is 18.7 Å². The van der Waals surface area contributed by atoms with Crippen molar-refractivity contribution in [3.63, 3.8) is 0 Å². The topological polar surface area (TPSA) is 85.4 Å². The third kappa shape index (κ3) is 2.37. The summed E-state index contributed by atoms with van der Waals surface area (Å²) in [5, 5.41) is 9.48. The molecule has 0 fully saturated rings. The molecule has 0 saturated carbocycles. The Bertz CT molecular complexity index is 790. The first-order chi connectivity index (χ1) is 10.3. The maximum Gasteiger partial charge on any atom is 0.166 e. The number of imidazole rings is 1. The summed E-state index contributed by atoms with van der Waals surface area (Å²) in [5.41, 5.74) is 8.44. The van der Waals surface area contributed by atoms with E-state index in [0.29, 0.717) is 0 Å². The number of nitrogens with one attached hydrogen (secondary N) is 1. The fourth-order valence-corrected chi connectivity index (χ4v) is 3.50. The van der Waals surface area contributed by atoms with Crippen LogP contribution in [0.25, 0.3) is 11.0 Å². The van der Waals surface area contributed by atoms with Crippen LogP contribution in [0.5, 0.6) is 0 Å². The van der Waals surface area contributed by atoms with Crippen LogP contribution in [0.15, 0.2) is 23.4 Å². The molecule has 0 bridgehead atoms. The van der Waals surface area contributed by atoms with Crippen LogP contribution in [-0.2, 0) is 18.7 Å². The zero-order chi connectivity index (χ0) is 14.2. The van der Waals surface area contributed by atoms with E-state index in [4.69, 9.17) is 5.73 Å². The molecule has 108 valence electrons. The van der Waals surface area contributed by atoms with Gasteiger partial charge in [0.05, 0.1) is 16.8 Å². The van der Waals surface area contributed by atoms with Gasteiger partial charge in [-0.1, -0.05) is 11.8 Å². The number of aryl methyl sites for hydroxylation is 1. The Kier molecular flexibility index (Phi) is 3.07. The quantitative estimate of drug-likeness (QED) is 0.573. The Morgan fingerprint density at radius 1 is 1.29 bits per heavy atom. The number of aromatic amines is 1. The van der Waals surface area contributed by atoms with E-state index in [1.165, 1.54) is 12.8 Å². The van der Waals surface area contributed by atoms with Gasteiger partial charge >= 0.3 is 0 Å². The van der Waals surface area contributed by atoms with Gasteiger partial charge in [-0.15, -0.1) is 10.2 Å². The molecule has 0 unspecified atom stereocenters. The normalized spacial score (nSPS) is 14.5. The van der Waals surface area contributed by atoms with Crippen LogP contribution in [0.1, 0.15) is 24.5 Å². The third-order valence-corrected chi connectivity index (χ3v) is 4.63. The number of benzene rings is 1. The smallest absolute Gasteiger partial charge is 0.166 e. The maximum atomic E-state index is 5.78. The molecule has 4 rings (SSSR count). The molecule has 0 spiro atoms. The summed E-state index contributed by atoms with van der Waals surface area (Å²) in [4.78, 5) is 7.85. The van der Waals surface area contributed by atoms with E-state index >= 15 is 0 Å². The lowest BCUT2D eigenvalue weighted by Crippen LogP contribution is -2.12. The molecule has 0 aliphatic carbocycles. The van der Waals surface area contributed by atoms with Gasteiger partial charge in [0.2, 0.25) is 0 Å². The van der Waals surface area contributed by atoms with Crippen molar-refractivity contribution in [3.8, 4) is 0 Å². The maximum absolute atomic E-state index is 5.78. The summed E-state index contributed by atoms with van der Waals surface area (Å²) < 4.78 is 2.25. The highest BCUT2D eigenvalue weighted by Crippen LogP contribution is 2.25. The summed E-state index contributed by atoms with van der Waals surface area (Å²) in [6.45, 7) is 1.04. The Morgan fingerprint density at radius 3 is 3.19 bits per heavy atom. The summed E-state index contributed by atoms with van der Waals surface area (Å²) in [7, 11) is 0. The number of anilines is 1. The number of thioether (sulfide) groups is 1. The molecule has 6 nitrogen and oxygen atoms in total. The van der Waals surface area contributed by atoms with E-state index < -0.39 is 0 Å². The second-order valence-electron chi connectivity index (χ2n) is 5.25. The van der Waals surface area contributed by atoms with Crippen molar-refractivity contribution >= 4 is 28.5 Å². The first kappa shape index (κ1) is 12.7. The van der Waals surface area contributed by atoms with Gasteiger partial charge in [0.25, 0.3) is 0 Å². The molecule has 1 aliphatic rings. The highest BCUT2D eigenvalue weighted by atomic mass is 32.2. The van der Waals surface area contributed by atoms with E-state index in [1.807, 2.05) is 18.2 Å². The third-order valence-electron chi connectivity index (χ3n) is 3.76. The first-order valence-electron chi connectivity index (χ1n) is 7.08. The molecule has 2 aromatic heterocycles. The van der Waals surface area contributed by atoms with Crippen molar-refractivity contribution in [1.29, 1.82) is 0 Å². The second-order valence-corrected chi connectivity index (χ2v) is 6.21. The fraction of sp³-hybridized carbons (Fsp3) is 0.357. The largest absolute Gasteiger partial charge is 0.399 e. The highest BCUT2D eigenvalue weighted by molar-refractivity contribution is 7.98. The second kappa shape index (κ2) is 5.07. The molecule has 1 aromatic carbocycles. The molecule has 7 heteroatoms. The lowest BCUT2D eigenvalue weighted by molar-refractivity contribution is 0.513. The van der Waals surface area contributed by atoms with Crippen LogP contribution < -0.4 is 5.73 Å². The minimum absolute atomic E-state index is 0.745. The van der Waals surface area contributed by atoms with Crippen LogP contribution in [0.3, 0.4) is 0 Å². The number of hydrogen-bond donors (Lipinski definition) is 2. The van der Waals surface area contributed by atoms with Gasteiger partial charge in [-0.2, -0.15) is 0 Å². The average Bonchev–Trinajstić information content (AvgIpc) is 3.08. The van der Waals surface area contributed by atoms with Crippen LogP contribution in [0.4, 0.5) is 5.69 Å². The SMILES string of the molecule is Nc1ccc2nc(SCc3nnc4n3CCCC4)[nH]c2c1. The Hall–Kier alpha value is -2.02. The van der Waals surface area contributed by atoms with Crippen molar-refractivity contribution in [1.82, 2.24) is 24.7 Å². The number of rotatable bonds is 3. The van der Waals surface area contributed by atoms with Crippen LogP contribution >= 0.6 is 11.8 Å². The molecular formula is C14H16N6S. The number of H-pyrrole nitrogens is 1. The van der Waals surface area contributed by atoms with Crippen molar-refractivity contribution in [2.24, 2.45) is 0 Å². The summed E-state index contributed by atoms with van der Waals surface area (Å²) in [6.07, 6.45) is 3.48. The summed E-state index contributed by atoms with van der Waals surface area (Å²) in [5.74, 6) is 2.94. The average molecular weight is 300 g/mol. The van der Waals surface area contributed by atoms with E-state index in [2.05, 4.69) is 24.7 Å². The van der Waals surface area contributed by atoms with E-state index in [1.54, 1.807) is 11.8 Å². The molecule has 1 aliphatic heterocycles. The zero-order valence-electron chi connectivity index (χ0n) is 11.5. The van der Waals surface area contributed by atoms with Crippen LogP contribution in [-0.4, -0.2) is 24.7 Å². The van der Waals surface area contributed by atoms with Crippen molar-refractivity contribution in [3.05, 3.63) is 29.8 Å². The van der Waals surface area contributed by atoms with Gasteiger partial charge < -0.3 is 15.3 Å². The molecule has 21 heavy (non-hydrogen) atoms. The van der Waals surface area contributed by atoms with E-state index in [-0.39, 0.29) is 0 Å². The van der Waals surface area contributed by atoms with Crippen LogP contribution in [0, 0.1) is 0 Å². The Labute approximate surface area is 126 Å². The fourth-order valence-electron chi connectivity index (χ4n) is 2.68.